The maximum atomic E-state index is 13.4. The van der Waals surface area contributed by atoms with Crippen molar-refractivity contribution in [3.8, 4) is 0 Å². The Bertz CT molecular complexity index is 1460. The molecule has 1 aliphatic heterocycles. The molecule has 3 heterocycles. The smallest absolute Gasteiger partial charge is 0.284 e. The van der Waals surface area contributed by atoms with Crippen LogP contribution < -0.4 is 5.56 Å². The Hall–Kier alpha value is -4.04. The van der Waals surface area contributed by atoms with Gasteiger partial charge in [0.15, 0.2) is 11.3 Å². The fraction of sp³-hybridized carbons (Fsp3) is 0.192. The molecule has 0 bridgehead atoms. The van der Waals surface area contributed by atoms with Gasteiger partial charge in [-0.1, -0.05) is 54.1 Å². The first-order chi connectivity index (χ1) is 17.0. The fourth-order valence-electron chi connectivity index (χ4n) is 4.20. The van der Waals surface area contributed by atoms with Gasteiger partial charge in [0.05, 0.1) is 17.1 Å². The number of aromatic nitrogens is 3. The molecule has 0 saturated carbocycles. The van der Waals surface area contributed by atoms with Crippen molar-refractivity contribution in [3.05, 3.63) is 105 Å². The molecule has 0 aliphatic carbocycles. The summed E-state index contributed by atoms with van der Waals surface area (Å²) in [7, 11) is 0. The van der Waals surface area contributed by atoms with E-state index in [1.54, 1.807) is 52.4 Å². The number of hydrogen-bond acceptors (Lipinski definition) is 5. The minimum absolute atomic E-state index is 0.146. The molecular formula is C26H22ClN5O3. The molecule has 2 amide bonds. The number of rotatable bonds is 4. The summed E-state index contributed by atoms with van der Waals surface area (Å²) in [6, 6.07) is 19.9. The van der Waals surface area contributed by atoms with Crippen molar-refractivity contribution < 1.29 is 9.59 Å². The van der Waals surface area contributed by atoms with Gasteiger partial charge in [-0.2, -0.15) is 0 Å². The van der Waals surface area contributed by atoms with Gasteiger partial charge in [0.1, 0.15) is 5.52 Å². The Morgan fingerprint density at radius 1 is 0.829 bits per heavy atom. The predicted molar refractivity (Wildman–Crippen MR) is 133 cm³/mol. The van der Waals surface area contributed by atoms with Crippen LogP contribution >= 0.6 is 11.6 Å². The van der Waals surface area contributed by atoms with Crippen LogP contribution in [0, 0.1) is 0 Å². The summed E-state index contributed by atoms with van der Waals surface area (Å²) in [5.74, 6) is -0.629. The van der Waals surface area contributed by atoms with Gasteiger partial charge >= 0.3 is 0 Å². The number of carbonyl (C=O) groups is 2. The van der Waals surface area contributed by atoms with Crippen molar-refractivity contribution in [1.29, 1.82) is 0 Å². The largest absolute Gasteiger partial charge is 0.335 e. The van der Waals surface area contributed by atoms with Crippen molar-refractivity contribution in [3.63, 3.8) is 0 Å². The maximum Gasteiger partial charge on any atom is 0.284 e. The van der Waals surface area contributed by atoms with E-state index >= 15 is 0 Å². The number of hydrogen-bond donors (Lipinski definition) is 0. The van der Waals surface area contributed by atoms with Crippen molar-refractivity contribution >= 4 is 34.6 Å². The highest BCUT2D eigenvalue weighted by molar-refractivity contribution is 6.33. The predicted octanol–water partition coefficient (Wildman–Crippen LogP) is 3.09. The number of pyridine rings is 1. The molecule has 0 spiro atoms. The van der Waals surface area contributed by atoms with Crippen LogP contribution in [-0.4, -0.2) is 62.3 Å². The molecule has 4 aromatic rings. The van der Waals surface area contributed by atoms with Gasteiger partial charge in [-0.15, -0.1) is 0 Å². The number of fused-ring (bicyclic) bond motifs is 1. The monoisotopic (exact) mass is 487 g/mol. The molecule has 2 aromatic heterocycles. The van der Waals surface area contributed by atoms with Crippen LogP contribution in [0.25, 0.3) is 11.2 Å². The first-order valence-electron chi connectivity index (χ1n) is 11.3. The summed E-state index contributed by atoms with van der Waals surface area (Å²) in [6.45, 7) is 1.53. The van der Waals surface area contributed by atoms with Crippen molar-refractivity contribution in [2.24, 2.45) is 0 Å². The number of piperazine rings is 1. The molecular weight excluding hydrogens is 466 g/mol. The third kappa shape index (κ3) is 4.52. The third-order valence-corrected chi connectivity index (χ3v) is 6.38. The number of carbonyl (C=O) groups excluding carboxylic acids is 2. The summed E-state index contributed by atoms with van der Waals surface area (Å²) in [5, 5.41) is 0.393. The van der Waals surface area contributed by atoms with Crippen LogP contribution in [0.3, 0.4) is 0 Å². The molecule has 1 aliphatic rings. The second-order valence-electron chi connectivity index (χ2n) is 8.25. The second kappa shape index (κ2) is 9.68. The van der Waals surface area contributed by atoms with E-state index in [0.717, 1.165) is 5.56 Å². The van der Waals surface area contributed by atoms with Crippen LogP contribution in [0.5, 0.6) is 0 Å². The van der Waals surface area contributed by atoms with Gasteiger partial charge in [0.25, 0.3) is 17.4 Å². The van der Waals surface area contributed by atoms with Gasteiger partial charge < -0.3 is 9.80 Å². The van der Waals surface area contributed by atoms with Crippen molar-refractivity contribution in [2.45, 2.75) is 6.54 Å². The number of benzene rings is 2. The standard InChI is InChI=1S/C26H22ClN5O3/c27-20-10-5-4-9-19(20)24(33)30-13-15-31(16-14-30)25(34)22-26(35)32(17-18-7-2-1-3-8-18)23-21(29-22)11-6-12-28-23/h1-12H,13-17H2. The highest BCUT2D eigenvalue weighted by Gasteiger charge is 2.29. The molecule has 9 heteroatoms. The lowest BCUT2D eigenvalue weighted by Crippen LogP contribution is -2.51. The van der Waals surface area contributed by atoms with Crippen molar-refractivity contribution in [2.75, 3.05) is 26.2 Å². The van der Waals surface area contributed by atoms with E-state index in [1.165, 1.54) is 4.57 Å². The highest BCUT2D eigenvalue weighted by atomic mass is 35.5. The SMILES string of the molecule is O=C(c1ccccc1Cl)N1CCN(C(=O)c2nc3cccnc3n(Cc3ccccc3)c2=O)CC1. The van der Waals surface area contributed by atoms with Gasteiger partial charge in [-0.3, -0.25) is 19.0 Å². The maximum absolute atomic E-state index is 13.4. The van der Waals surface area contributed by atoms with Gasteiger partial charge in [0.2, 0.25) is 0 Å². The van der Waals surface area contributed by atoms with Gasteiger partial charge in [-0.25, -0.2) is 9.97 Å². The highest BCUT2D eigenvalue weighted by Crippen LogP contribution is 2.19. The Morgan fingerprint density at radius 2 is 1.49 bits per heavy atom. The van der Waals surface area contributed by atoms with Crippen LogP contribution in [0.2, 0.25) is 5.02 Å². The van der Waals surface area contributed by atoms with Gasteiger partial charge in [0, 0.05) is 32.4 Å². The van der Waals surface area contributed by atoms with E-state index in [2.05, 4.69) is 9.97 Å². The van der Waals surface area contributed by atoms with E-state index in [-0.39, 0.29) is 18.1 Å². The molecule has 176 valence electrons. The normalized spacial score (nSPS) is 13.7. The molecule has 2 aromatic carbocycles. The van der Waals surface area contributed by atoms with E-state index < -0.39 is 11.5 Å². The van der Waals surface area contributed by atoms with E-state index in [0.29, 0.717) is 47.9 Å². The summed E-state index contributed by atoms with van der Waals surface area (Å²) in [5.41, 5.74) is 1.61. The quantitative estimate of drug-likeness (QED) is 0.441. The zero-order valence-corrected chi connectivity index (χ0v) is 19.6. The fourth-order valence-corrected chi connectivity index (χ4v) is 4.41. The second-order valence-corrected chi connectivity index (χ2v) is 8.65. The Labute approximate surface area is 206 Å². The number of amides is 2. The molecule has 0 atom stereocenters. The average molecular weight is 488 g/mol. The minimum Gasteiger partial charge on any atom is -0.335 e. The molecule has 0 N–H and O–H groups in total. The minimum atomic E-state index is -0.486. The lowest BCUT2D eigenvalue weighted by molar-refractivity contribution is 0.0531. The zero-order chi connectivity index (χ0) is 24.4. The number of nitrogens with zero attached hydrogens (tertiary/aromatic N) is 5. The van der Waals surface area contributed by atoms with Gasteiger partial charge in [-0.05, 0) is 29.8 Å². The van der Waals surface area contributed by atoms with E-state index in [9.17, 15) is 14.4 Å². The Kier molecular flexibility index (Phi) is 6.29. The van der Waals surface area contributed by atoms with Crippen LogP contribution in [0.1, 0.15) is 26.4 Å². The first kappa shape index (κ1) is 22.7. The van der Waals surface area contributed by atoms with E-state index in [1.807, 2.05) is 30.3 Å². The van der Waals surface area contributed by atoms with Crippen molar-refractivity contribution in [1.82, 2.24) is 24.3 Å². The molecule has 1 fully saturated rings. The lowest BCUT2D eigenvalue weighted by atomic mass is 10.1. The molecule has 0 unspecified atom stereocenters. The van der Waals surface area contributed by atoms with Crippen LogP contribution in [-0.2, 0) is 6.54 Å². The molecule has 8 nitrogen and oxygen atoms in total. The van der Waals surface area contributed by atoms with Crippen LogP contribution in [0.15, 0.2) is 77.7 Å². The molecule has 0 radical (unpaired) electrons. The lowest BCUT2D eigenvalue weighted by Gasteiger charge is -2.34. The first-order valence-corrected chi connectivity index (χ1v) is 11.6. The summed E-state index contributed by atoms with van der Waals surface area (Å²) in [6.07, 6.45) is 1.60. The Morgan fingerprint density at radius 3 is 2.20 bits per heavy atom. The van der Waals surface area contributed by atoms with E-state index in [4.69, 9.17) is 11.6 Å². The molecule has 1 saturated heterocycles. The zero-order valence-electron chi connectivity index (χ0n) is 18.8. The topological polar surface area (TPSA) is 88.4 Å². The molecule has 5 rings (SSSR count). The summed E-state index contributed by atoms with van der Waals surface area (Å²) >= 11 is 6.17. The summed E-state index contributed by atoms with van der Waals surface area (Å²) < 4.78 is 1.49. The summed E-state index contributed by atoms with van der Waals surface area (Å²) in [4.78, 5) is 51.6. The molecule has 35 heavy (non-hydrogen) atoms. The Balaban J connectivity index is 1.40. The number of halogens is 1. The van der Waals surface area contributed by atoms with Crippen LogP contribution in [0.4, 0.5) is 0 Å². The average Bonchev–Trinajstić information content (AvgIpc) is 2.90. The third-order valence-electron chi connectivity index (χ3n) is 6.05.